The highest BCUT2D eigenvalue weighted by molar-refractivity contribution is 9.11. The molecule has 0 spiro atoms. The Balaban J connectivity index is 2.83. The topological polar surface area (TPSA) is 83.5 Å². The lowest BCUT2D eigenvalue weighted by atomic mass is 10.2. The van der Waals surface area contributed by atoms with Crippen molar-refractivity contribution in [2.24, 2.45) is 5.92 Å². The third-order valence-corrected chi connectivity index (χ3v) is 5.37. The number of aryl methyl sites for hydroxylation is 1. The minimum absolute atomic E-state index is 0.120. The van der Waals surface area contributed by atoms with E-state index in [4.69, 9.17) is 5.11 Å². The molecule has 96 valence electrons. The van der Waals surface area contributed by atoms with Crippen LogP contribution in [0.5, 0.6) is 0 Å². The van der Waals surface area contributed by atoms with Gasteiger partial charge in [0.25, 0.3) is 0 Å². The van der Waals surface area contributed by atoms with E-state index in [-0.39, 0.29) is 11.4 Å². The second-order valence-electron chi connectivity index (χ2n) is 3.56. The predicted molar refractivity (Wildman–Crippen MR) is 68.7 cm³/mol. The Morgan fingerprint density at radius 2 is 2.24 bits per heavy atom. The summed E-state index contributed by atoms with van der Waals surface area (Å²) in [6, 6.07) is 1.51. The minimum Gasteiger partial charge on any atom is -0.481 e. The molecule has 0 bridgehead atoms. The van der Waals surface area contributed by atoms with Gasteiger partial charge in [0.2, 0.25) is 10.0 Å². The summed E-state index contributed by atoms with van der Waals surface area (Å²) in [6.07, 6.45) is 0. The molecule has 0 radical (unpaired) electrons. The maximum atomic E-state index is 11.9. The molecule has 0 aliphatic rings. The lowest BCUT2D eigenvalue weighted by Crippen LogP contribution is -2.31. The van der Waals surface area contributed by atoms with Gasteiger partial charge in [-0.2, -0.15) is 0 Å². The molecule has 1 unspecified atom stereocenters. The fourth-order valence-corrected chi connectivity index (χ4v) is 4.64. The maximum absolute atomic E-state index is 11.9. The molecule has 1 atom stereocenters. The summed E-state index contributed by atoms with van der Waals surface area (Å²) in [5.74, 6) is -1.79. The Bertz CT molecular complexity index is 523. The van der Waals surface area contributed by atoms with Crippen LogP contribution in [0.15, 0.2) is 14.7 Å². The van der Waals surface area contributed by atoms with Gasteiger partial charge in [0.05, 0.1) is 14.6 Å². The number of carboxylic acids is 1. The molecule has 1 aromatic heterocycles. The zero-order valence-corrected chi connectivity index (χ0v) is 12.4. The third-order valence-electron chi connectivity index (χ3n) is 2.13. The summed E-state index contributed by atoms with van der Waals surface area (Å²) >= 11 is 4.53. The van der Waals surface area contributed by atoms with Gasteiger partial charge in [-0.25, -0.2) is 13.1 Å². The van der Waals surface area contributed by atoms with Gasteiger partial charge in [-0.3, -0.25) is 4.79 Å². The lowest BCUT2D eigenvalue weighted by molar-refractivity contribution is -0.140. The standard InChI is InChI=1S/C9H12BrNO4S2/c1-5(9(12)13)4-11-17(14,15)7-3-8(10)16-6(7)2/h3,5,11H,4H2,1-2H3,(H,12,13). The average molecular weight is 342 g/mol. The van der Waals surface area contributed by atoms with Gasteiger partial charge >= 0.3 is 5.97 Å². The van der Waals surface area contributed by atoms with E-state index in [1.165, 1.54) is 24.3 Å². The fourth-order valence-electron chi connectivity index (χ4n) is 1.10. The molecular formula is C9H12BrNO4S2. The second kappa shape index (κ2) is 5.47. The molecule has 1 aromatic rings. The molecule has 0 saturated carbocycles. The predicted octanol–water partition coefficient (Wildman–Crippen LogP) is 1.82. The van der Waals surface area contributed by atoms with Gasteiger partial charge in [0.1, 0.15) is 0 Å². The zero-order valence-electron chi connectivity index (χ0n) is 9.23. The molecule has 0 amide bonds. The van der Waals surface area contributed by atoms with E-state index in [2.05, 4.69) is 20.7 Å². The first-order valence-electron chi connectivity index (χ1n) is 4.72. The van der Waals surface area contributed by atoms with Gasteiger partial charge in [0, 0.05) is 11.4 Å². The van der Waals surface area contributed by atoms with Crippen molar-refractivity contribution in [1.29, 1.82) is 0 Å². The summed E-state index contributed by atoms with van der Waals surface area (Å²) in [5, 5.41) is 8.67. The third kappa shape index (κ3) is 3.77. The van der Waals surface area contributed by atoms with Crippen LogP contribution in [-0.2, 0) is 14.8 Å². The number of sulfonamides is 1. The van der Waals surface area contributed by atoms with Crippen LogP contribution in [0.4, 0.5) is 0 Å². The number of carbonyl (C=O) groups is 1. The first-order chi connectivity index (χ1) is 7.74. The van der Waals surface area contributed by atoms with E-state index < -0.39 is 21.9 Å². The molecule has 0 saturated heterocycles. The highest BCUT2D eigenvalue weighted by Gasteiger charge is 2.21. The van der Waals surface area contributed by atoms with Crippen molar-refractivity contribution < 1.29 is 18.3 Å². The van der Waals surface area contributed by atoms with Crippen LogP contribution in [0, 0.1) is 12.8 Å². The van der Waals surface area contributed by atoms with Crippen molar-refractivity contribution in [3.05, 3.63) is 14.7 Å². The summed E-state index contributed by atoms with van der Waals surface area (Å²) in [5.41, 5.74) is 0. The number of rotatable bonds is 5. The van der Waals surface area contributed by atoms with E-state index in [0.717, 1.165) is 3.79 Å². The first kappa shape index (κ1) is 14.6. The number of thiophene rings is 1. The quantitative estimate of drug-likeness (QED) is 0.855. The van der Waals surface area contributed by atoms with E-state index >= 15 is 0 Å². The normalized spacial score (nSPS) is 13.6. The summed E-state index contributed by atoms with van der Waals surface area (Å²) < 4.78 is 26.8. The number of aliphatic carboxylic acids is 1. The van der Waals surface area contributed by atoms with E-state index in [9.17, 15) is 13.2 Å². The number of hydrogen-bond acceptors (Lipinski definition) is 4. The van der Waals surface area contributed by atoms with Crippen LogP contribution in [-0.4, -0.2) is 26.0 Å². The molecule has 5 nitrogen and oxygen atoms in total. The first-order valence-corrected chi connectivity index (χ1v) is 7.81. The van der Waals surface area contributed by atoms with Crippen molar-refractivity contribution in [3.63, 3.8) is 0 Å². The van der Waals surface area contributed by atoms with Gasteiger partial charge < -0.3 is 5.11 Å². The van der Waals surface area contributed by atoms with E-state index in [0.29, 0.717) is 4.88 Å². The van der Waals surface area contributed by atoms with Crippen molar-refractivity contribution in [2.75, 3.05) is 6.54 Å². The van der Waals surface area contributed by atoms with Crippen LogP contribution in [0.25, 0.3) is 0 Å². The Labute approximate surface area is 112 Å². The van der Waals surface area contributed by atoms with Crippen molar-refractivity contribution in [2.45, 2.75) is 18.7 Å². The highest BCUT2D eigenvalue weighted by atomic mass is 79.9. The Morgan fingerprint density at radius 1 is 1.65 bits per heavy atom. The lowest BCUT2D eigenvalue weighted by Gasteiger charge is -2.08. The molecule has 1 heterocycles. The molecular weight excluding hydrogens is 330 g/mol. The molecule has 2 N–H and O–H groups in total. The van der Waals surface area contributed by atoms with Gasteiger partial charge in [0.15, 0.2) is 0 Å². The summed E-state index contributed by atoms with van der Waals surface area (Å²) in [6.45, 7) is 3.02. The maximum Gasteiger partial charge on any atom is 0.307 e. The fraction of sp³-hybridized carbons (Fsp3) is 0.444. The monoisotopic (exact) mass is 341 g/mol. The van der Waals surface area contributed by atoms with Gasteiger partial charge in [-0.15, -0.1) is 11.3 Å². The number of hydrogen-bond donors (Lipinski definition) is 2. The Hall–Kier alpha value is -0.440. The largest absolute Gasteiger partial charge is 0.481 e. The molecule has 17 heavy (non-hydrogen) atoms. The summed E-state index contributed by atoms with van der Waals surface area (Å²) in [7, 11) is -3.63. The molecule has 0 aromatic carbocycles. The van der Waals surface area contributed by atoms with Gasteiger partial charge in [-0.1, -0.05) is 6.92 Å². The molecule has 1 rings (SSSR count). The Kier molecular flexibility index (Phi) is 4.70. The number of carboxylic acid groups (broad SMARTS) is 1. The van der Waals surface area contributed by atoms with Crippen LogP contribution < -0.4 is 4.72 Å². The Morgan fingerprint density at radius 3 is 2.65 bits per heavy atom. The smallest absolute Gasteiger partial charge is 0.307 e. The van der Waals surface area contributed by atoms with Crippen molar-refractivity contribution >= 4 is 43.3 Å². The SMILES string of the molecule is Cc1sc(Br)cc1S(=O)(=O)NCC(C)C(=O)O. The van der Waals surface area contributed by atoms with Crippen LogP contribution in [0.1, 0.15) is 11.8 Å². The van der Waals surface area contributed by atoms with E-state index in [1.54, 1.807) is 6.92 Å². The highest BCUT2D eigenvalue weighted by Crippen LogP contribution is 2.29. The van der Waals surface area contributed by atoms with Crippen LogP contribution in [0.2, 0.25) is 0 Å². The van der Waals surface area contributed by atoms with E-state index in [1.807, 2.05) is 0 Å². The summed E-state index contributed by atoms with van der Waals surface area (Å²) in [4.78, 5) is 11.4. The molecule has 8 heteroatoms. The number of nitrogens with one attached hydrogen (secondary N) is 1. The van der Waals surface area contributed by atoms with Crippen LogP contribution >= 0.6 is 27.3 Å². The molecule has 0 aliphatic heterocycles. The minimum atomic E-state index is -3.63. The average Bonchev–Trinajstić information content (AvgIpc) is 2.55. The molecule has 0 aliphatic carbocycles. The second-order valence-corrected chi connectivity index (χ2v) is 7.93. The zero-order chi connectivity index (χ0) is 13.2. The number of halogens is 1. The van der Waals surface area contributed by atoms with Crippen molar-refractivity contribution in [3.8, 4) is 0 Å². The molecule has 0 fully saturated rings. The van der Waals surface area contributed by atoms with Crippen LogP contribution in [0.3, 0.4) is 0 Å². The van der Waals surface area contributed by atoms with Crippen molar-refractivity contribution in [1.82, 2.24) is 4.72 Å². The van der Waals surface area contributed by atoms with Gasteiger partial charge in [-0.05, 0) is 28.9 Å².